The van der Waals surface area contributed by atoms with Crippen molar-refractivity contribution in [3.8, 4) is 17.2 Å². The number of phenols is 1. The zero-order valence-electron chi connectivity index (χ0n) is 22.5. The molecule has 1 heterocycles. The largest absolute Gasteiger partial charge is 0.507 e. The minimum absolute atomic E-state index is 0.0236. The lowest BCUT2D eigenvalue weighted by Gasteiger charge is -2.46. The van der Waals surface area contributed by atoms with Crippen LogP contribution in [0.3, 0.4) is 0 Å². The van der Waals surface area contributed by atoms with Crippen LogP contribution in [-0.4, -0.2) is 95.1 Å². The minimum atomic E-state index is -0.307. The Bertz CT molecular complexity index is 839. The van der Waals surface area contributed by atoms with E-state index in [1.165, 1.54) is 5.57 Å². The van der Waals surface area contributed by atoms with E-state index in [0.717, 1.165) is 18.4 Å². The number of ether oxygens (including phenoxy) is 7. The summed E-state index contributed by atoms with van der Waals surface area (Å²) in [5, 5.41) is 19.4. The van der Waals surface area contributed by atoms with Crippen LogP contribution in [-0.2, 0) is 23.7 Å². The Morgan fingerprint density at radius 2 is 1.38 bits per heavy atom. The molecule has 1 aromatic carbocycles. The first-order valence-corrected chi connectivity index (χ1v) is 13.3. The smallest absolute Gasteiger partial charge is 0.131 e. The van der Waals surface area contributed by atoms with Crippen LogP contribution in [0.25, 0.3) is 0 Å². The number of hydrogen-bond acceptors (Lipinski definition) is 9. The van der Waals surface area contributed by atoms with Gasteiger partial charge in [-0.25, -0.2) is 0 Å². The van der Waals surface area contributed by atoms with Crippen LogP contribution in [0.4, 0.5) is 0 Å². The van der Waals surface area contributed by atoms with Crippen LogP contribution in [0.15, 0.2) is 23.8 Å². The molecule has 37 heavy (non-hydrogen) atoms. The Kier molecular flexibility index (Phi) is 12.4. The number of aliphatic hydroxyl groups excluding tert-OH is 1. The molecular weight excluding hydrogens is 480 g/mol. The Morgan fingerprint density at radius 3 is 1.95 bits per heavy atom. The monoisotopic (exact) mass is 524 g/mol. The molecule has 2 atom stereocenters. The second-order valence-electron chi connectivity index (χ2n) is 9.88. The second-order valence-corrected chi connectivity index (χ2v) is 9.88. The minimum Gasteiger partial charge on any atom is -0.507 e. The van der Waals surface area contributed by atoms with E-state index in [2.05, 4.69) is 26.8 Å². The summed E-state index contributed by atoms with van der Waals surface area (Å²) in [6.07, 6.45) is 4.42. The van der Waals surface area contributed by atoms with Crippen molar-refractivity contribution < 1.29 is 43.4 Å². The number of rotatable bonds is 18. The predicted molar refractivity (Wildman–Crippen MR) is 139 cm³/mol. The van der Waals surface area contributed by atoms with Crippen LogP contribution in [0, 0.1) is 5.92 Å². The standard InChI is InChI=1S/C28H44O9/c1-21-4-5-24-23(18-21)27-25(30)19-22(20-26(27)37-28(24,2)3)36-17-16-35-15-14-34-13-12-33-11-10-32-9-8-31-7-6-29/h18-20,23-24,29-30H,4-17H2,1-3H3/t23-,24-/m1/s1. The van der Waals surface area contributed by atoms with E-state index >= 15 is 0 Å². The van der Waals surface area contributed by atoms with Gasteiger partial charge in [0.2, 0.25) is 0 Å². The van der Waals surface area contributed by atoms with Crippen LogP contribution in [0.2, 0.25) is 0 Å². The van der Waals surface area contributed by atoms with Gasteiger partial charge in [0.15, 0.2) is 0 Å². The molecule has 210 valence electrons. The van der Waals surface area contributed by atoms with Gasteiger partial charge < -0.3 is 43.4 Å². The van der Waals surface area contributed by atoms with Crippen LogP contribution < -0.4 is 9.47 Å². The highest BCUT2D eigenvalue weighted by Crippen LogP contribution is 2.54. The molecule has 0 aromatic heterocycles. The van der Waals surface area contributed by atoms with Crippen LogP contribution >= 0.6 is 0 Å². The lowest BCUT2D eigenvalue weighted by Crippen LogP contribution is -2.45. The normalized spacial score (nSPS) is 20.1. The van der Waals surface area contributed by atoms with Crippen molar-refractivity contribution in [1.82, 2.24) is 0 Å². The summed E-state index contributed by atoms with van der Waals surface area (Å²) < 4.78 is 39.1. The van der Waals surface area contributed by atoms with Crippen molar-refractivity contribution in [2.24, 2.45) is 5.92 Å². The average Bonchev–Trinajstić information content (AvgIpc) is 2.85. The third-order valence-electron chi connectivity index (χ3n) is 6.66. The highest BCUT2D eigenvalue weighted by molar-refractivity contribution is 5.55. The van der Waals surface area contributed by atoms with E-state index in [-0.39, 0.29) is 23.9 Å². The summed E-state index contributed by atoms with van der Waals surface area (Å²) in [4.78, 5) is 0. The molecule has 1 aromatic rings. The van der Waals surface area contributed by atoms with Gasteiger partial charge in [0, 0.05) is 29.5 Å². The zero-order chi connectivity index (χ0) is 26.5. The third-order valence-corrected chi connectivity index (χ3v) is 6.66. The van der Waals surface area contributed by atoms with Gasteiger partial charge in [-0.15, -0.1) is 0 Å². The summed E-state index contributed by atoms with van der Waals surface area (Å²) in [7, 11) is 0. The first-order chi connectivity index (χ1) is 17.9. The number of fused-ring (bicyclic) bond motifs is 3. The molecular formula is C28H44O9. The number of hydrogen-bond donors (Lipinski definition) is 2. The van der Waals surface area contributed by atoms with E-state index in [9.17, 15) is 5.11 Å². The van der Waals surface area contributed by atoms with Crippen molar-refractivity contribution >= 4 is 0 Å². The molecule has 0 saturated heterocycles. The van der Waals surface area contributed by atoms with Gasteiger partial charge in [-0.1, -0.05) is 11.6 Å². The molecule has 1 aliphatic carbocycles. The fourth-order valence-electron chi connectivity index (χ4n) is 4.85. The molecule has 0 bridgehead atoms. The molecule has 0 saturated carbocycles. The maximum absolute atomic E-state index is 10.8. The molecule has 2 N–H and O–H groups in total. The highest BCUT2D eigenvalue weighted by Gasteiger charge is 2.45. The van der Waals surface area contributed by atoms with E-state index < -0.39 is 0 Å². The van der Waals surface area contributed by atoms with Crippen LogP contribution in [0.1, 0.15) is 45.1 Å². The first-order valence-electron chi connectivity index (χ1n) is 13.3. The van der Waals surface area contributed by atoms with Gasteiger partial charge in [-0.3, -0.25) is 0 Å². The number of allylic oxidation sites excluding steroid dienone is 2. The summed E-state index contributed by atoms with van der Waals surface area (Å²) in [5.41, 5.74) is 1.92. The van der Waals surface area contributed by atoms with Gasteiger partial charge in [0.25, 0.3) is 0 Å². The maximum atomic E-state index is 10.8. The average molecular weight is 525 g/mol. The maximum Gasteiger partial charge on any atom is 0.131 e. The lowest BCUT2D eigenvalue weighted by atomic mass is 9.68. The molecule has 0 spiro atoms. The molecule has 0 amide bonds. The third kappa shape index (κ3) is 9.42. The van der Waals surface area contributed by atoms with Crippen molar-refractivity contribution in [3.63, 3.8) is 0 Å². The topological polar surface area (TPSA) is 105 Å². The fourth-order valence-corrected chi connectivity index (χ4v) is 4.85. The Morgan fingerprint density at radius 1 is 0.838 bits per heavy atom. The van der Waals surface area contributed by atoms with Gasteiger partial charge in [0.1, 0.15) is 29.5 Å². The molecule has 2 aliphatic rings. The van der Waals surface area contributed by atoms with E-state index in [4.69, 9.17) is 38.3 Å². The van der Waals surface area contributed by atoms with E-state index in [0.29, 0.717) is 90.1 Å². The summed E-state index contributed by atoms with van der Waals surface area (Å²) in [6.45, 7) is 11.4. The molecule has 0 fully saturated rings. The zero-order valence-corrected chi connectivity index (χ0v) is 22.5. The summed E-state index contributed by atoms with van der Waals surface area (Å²) >= 11 is 0. The summed E-state index contributed by atoms with van der Waals surface area (Å²) in [5.74, 6) is 1.99. The quantitative estimate of drug-likeness (QED) is 0.221. The summed E-state index contributed by atoms with van der Waals surface area (Å²) in [6, 6.07) is 3.55. The molecule has 3 rings (SSSR count). The second kappa shape index (κ2) is 15.5. The van der Waals surface area contributed by atoms with Gasteiger partial charge in [-0.05, 0) is 33.6 Å². The SMILES string of the molecule is CC1=C[C@H]2c3c(O)cc(OCCOCCOCCOCCOCCOCCO)cc3OC(C)(C)[C@@H]2CC1. The molecule has 9 heteroatoms. The molecule has 0 unspecified atom stereocenters. The lowest BCUT2D eigenvalue weighted by molar-refractivity contribution is -0.0147. The van der Waals surface area contributed by atoms with E-state index in [1.807, 2.05) is 6.07 Å². The van der Waals surface area contributed by atoms with Crippen molar-refractivity contribution in [2.75, 3.05) is 79.3 Å². The number of aromatic hydroxyl groups is 1. The molecule has 9 nitrogen and oxygen atoms in total. The van der Waals surface area contributed by atoms with Gasteiger partial charge in [0.05, 0.1) is 72.7 Å². The van der Waals surface area contributed by atoms with Crippen LogP contribution in [0.5, 0.6) is 17.2 Å². The van der Waals surface area contributed by atoms with Gasteiger partial charge >= 0.3 is 0 Å². The highest BCUT2D eigenvalue weighted by atomic mass is 16.6. The van der Waals surface area contributed by atoms with Crippen molar-refractivity contribution in [3.05, 3.63) is 29.3 Å². The number of phenolic OH excluding ortho intramolecular Hbond substituents is 1. The van der Waals surface area contributed by atoms with Crippen molar-refractivity contribution in [1.29, 1.82) is 0 Å². The fraction of sp³-hybridized carbons (Fsp3) is 0.714. The number of aliphatic hydroxyl groups is 1. The Labute approximate surface area is 220 Å². The molecule has 1 aliphatic heterocycles. The van der Waals surface area contributed by atoms with Crippen molar-refractivity contribution in [2.45, 2.75) is 45.1 Å². The number of benzene rings is 1. The van der Waals surface area contributed by atoms with Gasteiger partial charge in [-0.2, -0.15) is 0 Å². The Balaban J connectivity index is 1.25. The van der Waals surface area contributed by atoms with E-state index in [1.54, 1.807) is 6.07 Å². The predicted octanol–water partition coefficient (Wildman–Crippen LogP) is 3.46. The first kappa shape index (κ1) is 29.7. The Hall–Kier alpha value is -1.88. The molecule has 0 radical (unpaired) electrons.